The lowest BCUT2D eigenvalue weighted by molar-refractivity contribution is -0.128. The van der Waals surface area contributed by atoms with Crippen LogP contribution in [0.3, 0.4) is 0 Å². The summed E-state index contributed by atoms with van der Waals surface area (Å²) >= 11 is 1.37. The van der Waals surface area contributed by atoms with Gasteiger partial charge >= 0.3 is 0 Å². The second-order valence-electron chi connectivity index (χ2n) is 7.42. The molecule has 162 valence electrons. The molecule has 1 aliphatic heterocycles. The first-order chi connectivity index (χ1) is 15.1. The van der Waals surface area contributed by atoms with E-state index in [-0.39, 0.29) is 24.1 Å². The van der Waals surface area contributed by atoms with E-state index in [2.05, 4.69) is 22.0 Å². The van der Waals surface area contributed by atoms with Gasteiger partial charge in [0.2, 0.25) is 5.91 Å². The third-order valence-corrected chi connectivity index (χ3v) is 6.27. The predicted octanol–water partition coefficient (Wildman–Crippen LogP) is 3.00. The van der Waals surface area contributed by atoms with Crippen molar-refractivity contribution in [1.82, 2.24) is 14.5 Å². The standard InChI is InChI=1S/C23H25FN4O2S/c24-19-8-6-18(7-9-19)14-28-15-20(16-29)25-23(28)31-17-22(30)27-12-10-26(11-13-27)21-4-2-1-3-5-21/h1-9,15,29H,10-14,16-17H2. The lowest BCUT2D eigenvalue weighted by atomic mass is 10.2. The summed E-state index contributed by atoms with van der Waals surface area (Å²) in [5.74, 6) is 0.0916. The first kappa shape index (κ1) is 21.4. The average molecular weight is 441 g/mol. The number of thioether (sulfide) groups is 1. The van der Waals surface area contributed by atoms with E-state index in [9.17, 15) is 14.3 Å². The molecule has 2 aromatic carbocycles. The third-order valence-electron chi connectivity index (χ3n) is 5.30. The number of rotatable bonds is 7. The van der Waals surface area contributed by atoms with E-state index in [1.165, 1.54) is 29.6 Å². The monoisotopic (exact) mass is 440 g/mol. The Morgan fingerprint density at radius 1 is 1.03 bits per heavy atom. The molecule has 2 heterocycles. The SMILES string of the molecule is O=C(CSc1nc(CO)cn1Cc1ccc(F)cc1)N1CCN(c2ccccc2)CC1. The van der Waals surface area contributed by atoms with Crippen LogP contribution in [0, 0.1) is 5.82 Å². The van der Waals surface area contributed by atoms with Crippen LogP contribution in [0.1, 0.15) is 11.3 Å². The zero-order valence-corrected chi connectivity index (χ0v) is 18.0. The van der Waals surface area contributed by atoms with Gasteiger partial charge in [0.05, 0.1) is 18.1 Å². The fourth-order valence-corrected chi connectivity index (χ4v) is 4.51. The van der Waals surface area contributed by atoms with Crippen molar-refractivity contribution in [2.75, 3.05) is 36.8 Å². The number of hydrogen-bond donors (Lipinski definition) is 1. The van der Waals surface area contributed by atoms with Crippen LogP contribution in [0.4, 0.5) is 10.1 Å². The summed E-state index contributed by atoms with van der Waals surface area (Å²) < 4.78 is 15.1. The summed E-state index contributed by atoms with van der Waals surface area (Å²) in [5, 5.41) is 10.1. The lowest BCUT2D eigenvalue weighted by Gasteiger charge is -2.36. The van der Waals surface area contributed by atoms with Gasteiger partial charge in [-0.1, -0.05) is 42.1 Å². The number of aliphatic hydroxyl groups excluding tert-OH is 1. The topological polar surface area (TPSA) is 61.6 Å². The highest BCUT2D eigenvalue weighted by Crippen LogP contribution is 2.21. The van der Waals surface area contributed by atoms with Gasteiger partial charge in [-0.25, -0.2) is 9.37 Å². The van der Waals surface area contributed by atoms with E-state index in [4.69, 9.17) is 0 Å². The molecular formula is C23H25FN4O2S. The Morgan fingerprint density at radius 2 is 1.74 bits per heavy atom. The largest absolute Gasteiger partial charge is 0.390 e. The molecule has 1 amide bonds. The van der Waals surface area contributed by atoms with Crippen molar-refractivity contribution in [1.29, 1.82) is 0 Å². The molecule has 0 aliphatic carbocycles. The minimum atomic E-state index is -0.280. The third kappa shape index (κ3) is 5.45. The minimum Gasteiger partial charge on any atom is -0.390 e. The van der Waals surface area contributed by atoms with Crippen molar-refractivity contribution in [2.24, 2.45) is 0 Å². The Bertz CT molecular complexity index is 1000. The molecule has 4 rings (SSSR count). The number of imidazole rings is 1. The van der Waals surface area contributed by atoms with E-state index >= 15 is 0 Å². The summed E-state index contributed by atoms with van der Waals surface area (Å²) in [6.07, 6.45) is 1.77. The quantitative estimate of drug-likeness (QED) is 0.573. The fraction of sp³-hybridized carbons (Fsp3) is 0.304. The van der Waals surface area contributed by atoms with E-state index in [1.807, 2.05) is 27.7 Å². The van der Waals surface area contributed by atoms with Crippen molar-refractivity contribution < 1.29 is 14.3 Å². The average Bonchev–Trinajstić information content (AvgIpc) is 3.21. The van der Waals surface area contributed by atoms with E-state index in [0.717, 1.165) is 18.7 Å². The number of benzene rings is 2. The number of hydrogen-bond acceptors (Lipinski definition) is 5. The summed E-state index contributed by atoms with van der Waals surface area (Å²) in [5.41, 5.74) is 2.66. The summed E-state index contributed by atoms with van der Waals surface area (Å²) in [4.78, 5) is 21.4. The Kier molecular flexibility index (Phi) is 6.89. The number of nitrogens with zero attached hydrogens (tertiary/aromatic N) is 4. The first-order valence-corrected chi connectivity index (χ1v) is 11.2. The molecule has 0 bridgehead atoms. The van der Waals surface area contributed by atoms with Gasteiger partial charge in [-0.05, 0) is 29.8 Å². The second kappa shape index (κ2) is 9.98. The molecule has 3 aromatic rings. The molecule has 1 fully saturated rings. The minimum absolute atomic E-state index is 0.0830. The van der Waals surface area contributed by atoms with Crippen LogP contribution < -0.4 is 4.90 Å². The molecule has 0 atom stereocenters. The molecule has 8 heteroatoms. The number of aromatic nitrogens is 2. The number of aliphatic hydroxyl groups is 1. The first-order valence-electron chi connectivity index (χ1n) is 10.2. The van der Waals surface area contributed by atoms with Gasteiger partial charge in [-0.15, -0.1) is 0 Å². The maximum absolute atomic E-state index is 13.2. The van der Waals surface area contributed by atoms with Crippen molar-refractivity contribution in [3.8, 4) is 0 Å². The van der Waals surface area contributed by atoms with Crippen LogP contribution >= 0.6 is 11.8 Å². The van der Waals surface area contributed by atoms with Crippen LogP contribution in [-0.2, 0) is 17.9 Å². The summed E-state index contributed by atoms with van der Waals surface area (Å²) in [7, 11) is 0. The molecule has 1 aliphatic rings. The Hall–Kier alpha value is -2.84. The molecule has 1 saturated heterocycles. The number of para-hydroxylation sites is 1. The zero-order valence-electron chi connectivity index (χ0n) is 17.2. The molecule has 0 radical (unpaired) electrons. The number of carbonyl (C=O) groups is 1. The highest BCUT2D eigenvalue weighted by atomic mass is 32.2. The zero-order chi connectivity index (χ0) is 21.6. The highest BCUT2D eigenvalue weighted by molar-refractivity contribution is 7.99. The Balaban J connectivity index is 1.34. The van der Waals surface area contributed by atoms with Crippen LogP contribution in [0.5, 0.6) is 0 Å². The molecule has 1 N–H and O–H groups in total. The fourth-order valence-electron chi connectivity index (χ4n) is 3.61. The number of piperazine rings is 1. The van der Waals surface area contributed by atoms with Crippen LogP contribution in [-0.4, -0.2) is 57.4 Å². The van der Waals surface area contributed by atoms with Crippen LogP contribution in [0.15, 0.2) is 66.0 Å². The predicted molar refractivity (Wildman–Crippen MR) is 120 cm³/mol. The van der Waals surface area contributed by atoms with Gasteiger partial charge in [-0.2, -0.15) is 0 Å². The van der Waals surface area contributed by atoms with Gasteiger partial charge in [0, 0.05) is 44.6 Å². The number of anilines is 1. The maximum atomic E-state index is 13.2. The van der Waals surface area contributed by atoms with Crippen molar-refractivity contribution in [2.45, 2.75) is 18.3 Å². The van der Waals surface area contributed by atoms with Gasteiger partial charge in [0.25, 0.3) is 0 Å². The lowest BCUT2D eigenvalue weighted by Crippen LogP contribution is -2.49. The molecular weight excluding hydrogens is 415 g/mol. The van der Waals surface area contributed by atoms with Crippen molar-refractivity contribution >= 4 is 23.4 Å². The number of amides is 1. The van der Waals surface area contributed by atoms with Crippen LogP contribution in [0.25, 0.3) is 0 Å². The summed E-state index contributed by atoms with van der Waals surface area (Å²) in [6.45, 7) is 3.35. The van der Waals surface area contributed by atoms with Crippen LogP contribution in [0.2, 0.25) is 0 Å². The molecule has 31 heavy (non-hydrogen) atoms. The maximum Gasteiger partial charge on any atom is 0.233 e. The van der Waals surface area contributed by atoms with Gasteiger partial charge in [0.15, 0.2) is 5.16 Å². The molecule has 6 nitrogen and oxygen atoms in total. The van der Waals surface area contributed by atoms with E-state index < -0.39 is 0 Å². The normalized spacial score (nSPS) is 14.1. The Morgan fingerprint density at radius 3 is 2.42 bits per heavy atom. The van der Waals surface area contributed by atoms with Crippen molar-refractivity contribution in [3.63, 3.8) is 0 Å². The smallest absolute Gasteiger partial charge is 0.233 e. The molecule has 0 saturated carbocycles. The van der Waals surface area contributed by atoms with Gasteiger partial charge in [-0.3, -0.25) is 4.79 Å². The second-order valence-corrected chi connectivity index (χ2v) is 8.36. The number of carbonyl (C=O) groups excluding carboxylic acids is 1. The Labute approximate surface area is 185 Å². The van der Waals surface area contributed by atoms with Gasteiger partial charge in [0.1, 0.15) is 5.82 Å². The molecule has 0 spiro atoms. The summed E-state index contributed by atoms with van der Waals surface area (Å²) in [6, 6.07) is 16.5. The van der Waals surface area contributed by atoms with Gasteiger partial charge < -0.3 is 19.5 Å². The highest BCUT2D eigenvalue weighted by Gasteiger charge is 2.22. The van der Waals surface area contributed by atoms with E-state index in [0.29, 0.717) is 30.5 Å². The molecule has 1 aromatic heterocycles. The molecule has 0 unspecified atom stereocenters. The van der Waals surface area contributed by atoms with E-state index in [1.54, 1.807) is 18.3 Å². The van der Waals surface area contributed by atoms with Crippen molar-refractivity contribution in [3.05, 3.63) is 77.9 Å². The number of halogens is 1.